The zero-order chi connectivity index (χ0) is 25.6. The van der Waals surface area contributed by atoms with Crippen LogP contribution in [0.1, 0.15) is 15.9 Å². The molecule has 2 heterocycles. The summed E-state index contributed by atoms with van der Waals surface area (Å²) in [5, 5.41) is 10.3. The van der Waals surface area contributed by atoms with Gasteiger partial charge in [0.05, 0.1) is 5.52 Å². The molecule has 0 aliphatic carbocycles. The van der Waals surface area contributed by atoms with E-state index in [2.05, 4.69) is 25.9 Å². The Morgan fingerprint density at radius 2 is 1.54 bits per heavy atom. The molecule has 2 aromatic heterocycles. The van der Waals surface area contributed by atoms with E-state index < -0.39 is 11.1 Å². The van der Waals surface area contributed by atoms with Gasteiger partial charge in [0.25, 0.3) is 5.91 Å². The van der Waals surface area contributed by atoms with Crippen molar-refractivity contribution in [3.63, 3.8) is 0 Å². The Morgan fingerprint density at radius 1 is 0.784 bits per heavy atom. The molecule has 184 valence electrons. The lowest BCUT2D eigenvalue weighted by molar-refractivity contribution is 0.102. The molecule has 3 N–H and O–H groups in total. The number of nitrogens with zero attached hydrogens (tertiary/aromatic N) is 2. The maximum Gasteiger partial charge on any atom is 0.255 e. The van der Waals surface area contributed by atoms with Crippen LogP contribution in [0.3, 0.4) is 0 Å². The fraction of sp³-hybridized carbons (Fsp3) is 0.0357. The molecule has 1 amide bonds. The molecule has 1 unspecified atom stereocenters. The van der Waals surface area contributed by atoms with Gasteiger partial charge in [0.15, 0.2) is 0 Å². The van der Waals surface area contributed by atoms with Crippen molar-refractivity contribution < 1.29 is 13.6 Å². The molecule has 0 saturated heterocycles. The summed E-state index contributed by atoms with van der Waals surface area (Å²) in [6.07, 6.45) is 5.09. The molecule has 5 rings (SSSR count). The second-order valence-electron chi connectivity index (χ2n) is 8.26. The highest BCUT2D eigenvalue weighted by molar-refractivity contribution is 7.78. The minimum atomic E-state index is -2.18. The third-order valence-corrected chi connectivity index (χ3v) is 6.15. The Labute approximate surface area is 216 Å². The number of carbonyl (C=O) groups is 1. The van der Waals surface area contributed by atoms with Crippen LogP contribution in [-0.4, -0.2) is 24.6 Å². The van der Waals surface area contributed by atoms with E-state index >= 15 is 0 Å². The summed E-state index contributed by atoms with van der Waals surface area (Å²) >= 11 is -2.18. The van der Waals surface area contributed by atoms with E-state index in [0.29, 0.717) is 22.5 Å². The van der Waals surface area contributed by atoms with E-state index in [1.54, 1.807) is 48.9 Å². The monoisotopic (exact) mass is 508 g/mol. The van der Waals surface area contributed by atoms with Crippen molar-refractivity contribution in [2.24, 2.45) is 0 Å². The van der Waals surface area contributed by atoms with Crippen LogP contribution in [0.2, 0.25) is 0 Å². The summed E-state index contributed by atoms with van der Waals surface area (Å²) in [6.45, 7) is 0. The van der Waals surface area contributed by atoms with Gasteiger partial charge in [-0.15, -0.1) is 0 Å². The molecule has 0 radical (unpaired) electrons. The van der Waals surface area contributed by atoms with Crippen LogP contribution in [0, 0.1) is 0 Å². The zero-order valence-electron chi connectivity index (χ0n) is 19.5. The van der Waals surface area contributed by atoms with Gasteiger partial charge in [-0.2, -0.15) is 0 Å². The lowest BCUT2D eigenvalue weighted by Crippen LogP contribution is -2.12. The fourth-order valence-electron chi connectivity index (χ4n) is 3.90. The predicted octanol–water partition coefficient (Wildman–Crippen LogP) is 5.75. The minimum Gasteiger partial charge on any atom is -0.772 e. The van der Waals surface area contributed by atoms with Crippen molar-refractivity contribution in [1.29, 1.82) is 0 Å². The minimum absolute atomic E-state index is 0.0702. The largest absolute Gasteiger partial charge is 0.772 e. The molecule has 0 fully saturated rings. The number of nitrogens with one attached hydrogen (secondary N) is 3. The Morgan fingerprint density at radius 3 is 2.35 bits per heavy atom. The quantitative estimate of drug-likeness (QED) is 0.228. The highest BCUT2D eigenvalue weighted by Crippen LogP contribution is 2.27. The molecule has 37 heavy (non-hydrogen) atoms. The number of benzene rings is 3. The van der Waals surface area contributed by atoms with Gasteiger partial charge >= 0.3 is 0 Å². The van der Waals surface area contributed by atoms with Gasteiger partial charge in [0, 0.05) is 63.7 Å². The van der Waals surface area contributed by atoms with Gasteiger partial charge in [-0.1, -0.05) is 29.3 Å². The Balaban J connectivity index is 1.33. The van der Waals surface area contributed by atoms with Gasteiger partial charge < -0.3 is 20.5 Å². The summed E-state index contributed by atoms with van der Waals surface area (Å²) in [7, 11) is 0. The van der Waals surface area contributed by atoms with Gasteiger partial charge in [-0.3, -0.25) is 19.0 Å². The Hall–Kier alpha value is -4.60. The first kappa shape index (κ1) is 24.1. The summed E-state index contributed by atoms with van der Waals surface area (Å²) in [6, 6.07) is 25.5. The van der Waals surface area contributed by atoms with Crippen molar-refractivity contribution in [3.8, 4) is 0 Å². The third-order valence-electron chi connectivity index (χ3n) is 5.58. The standard InChI is InChI=1S/C28H23N5O3S/c34-28(33-24-6-2-5-23(17-24)31-21-9-12-29-13-10-21)20-3-1-4-22(16-20)32-27-11-14-30-26-8-7-19(15-25(26)27)18-37(35)36/h1-17H,18H2,(H,29,31)(H,30,32)(H,33,34)(H,35,36)/p-1. The highest BCUT2D eigenvalue weighted by Gasteiger charge is 2.09. The SMILES string of the molecule is O=C(Nc1cccc(Nc2ccncc2)c1)c1cccc(Nc2ccnc3ccc(CS(=O)[O-])cc23)c1. The van der Waals surface area contributed by atoms with Crippen LogP contribution in [0.15, 0.2) is 104 Å². The second kappa shape index (κ2) is 11.0. The average Bonchev–Trinajstić information content (AvgIpc) is 2.90. The molecule has 5 aromatic rings. The molecule has 0 bridgehead atoms. The van der Waals surface area contributed by atoms with Crippen molar-refractivity contribution in [2.45, 2.75) is 5.75 Å². The van der Waals surface area contributed by atoms with Crippen LogP contribution in [0.5, 0.6) is 0 Å². The molecule has 0 aliphatic heterocycles. The maximum atomic E-state index is 13.0. The highest BCUT2D eigenvalue weighted by atomic mass is 32.2. The number of anilines is 5. The molecular formula is C28H22N5O3S-. The number of rotatable bonds is 8. The summed E-state index contributed by atoms with van der Waals surface area (Å²) in [4.78, 5) is 21.4. The lowest BCUT2D eigenvalue weighted by atomic mass is 10.1. The lowest BCUT2D eigenvalue weighted by Gasteiger charge is -2.13. The molecule has 1 atom stereocenters. The van der Waals surface area contributed by atoms with Crippen LogP contribution >= 0.6 is 0 Å². The number of carbonyl (C=O) groups excluding carboxylic acids is 1. The number of hydrogen-bond acceptors (Lipinski definition) is 7. The first-order valence-electron chi connectivity index (χ1n) is 11.4. The van der Waals surface area contributed by atoms with Gasteiger partial charge in [0.1, 0.15) is 0 Å². The van der Waals surface area contributed by atoms with Crippen molar-refractivity contribution >= 4 is 56.3 Å². The van der Waals surface area contributed by atoms with Crippen molar-refractivity contribution in [3.05, 3.63) is 115 Å². The van der Waals surface area contributed by atoms with E-state index in [1.165, 1.54) is 0 Å². The number of pyridine rings is 2. The van der Waals surface area contributed by atoms with Crippen molar-refractivity contribution in [2.75, 3.05) is 16.0 Å². The summed E-state index contributed by atoms with van der Waals surface area (Å²) < 4.78 is 22.3. The molecule has 3 aromatic carbocycles. The Bertz CT molecular complexity index is 1590. The number of amides is 1. The molecule has 8 nitrogen and oxygen atoms in total. The van der Waals surface area contributed by atoms with Gasteiger partial charge in [0.2, 0.25) is 0 Å². The number of fused-ring (bicyclic) bond motifs is 1. The summed E-state index contributed by atoms with van der Waals surface area (Å²) in [5.74, 6) is -0.316. The van der Waals surface area contributed by atoms with E-state index in [1.807, 2.05) is 54.6 Å². The normalized spacial score (nSPS) is 11.6. The zero-order valence-corrected chi connectivity index (χ0v) is 20.4. The third kappa shape index (κ3) is 6.16. The molecule has 0 aliphatic rings. The van der Waals surface area contributed by atoms with Crippen LogP contribution in [0.4, 0.5) is 28.4 Å². The van der Waals surface area contributed by atoms with E-state index in [4.69, 9.17) is 0 Å². The van der Waals surface area contributed by atoms with E-state index in [-0.39, 0.29) is 11.7 Å². The van der Waals surface area contributed by atoms with Crippen molar-refractivity contribution in [1.82, 2.24) is 9.97 Å². The van der Waals surface area contributed by atoms with Gasteiger partial charge in [-0.25, -0.2) is 0 Å². The van der Waals surface area contributed by atoms with Gasteiger partial charge in [-0.05, 0) is 72.3 Å². The molecule has 0 saturated carbocycles. The Kier molecular flexibility index (Phi) is 7.16. The first-order chi connectivity index (χ1) is 18.0. The first-order valence-corrected chi connectivity index (χ1v) is 12.7. The average molecular weight is 509 g/mol. The topological polar surface area (TPSA) is 119 Å². The summed E-state index contributed by atoms with van der Waals surface area (Å²) in [5.41, 5.74) is 5.76. The number of hydrogen-bond donors (Lipinski definition) is 3. The number of aromatic nitrogens is 2. The fourth-order valence-corrected chi connectivity index (χ4v) is 4.35. The smallest absolute Gasteiger partial charge is 0.255 e. The molecule has 0 spiro atoms. The van der Waals surface area contributed by atoms with E-state index in [0.717, 1.165) is 28.0 Å². The van der Waals surface area contributed by atoms with Crippen LogP contribution in [-0.2, 0) is 16.8 Å². The van der Waals surface area contributed by atoms with Crippen LogP contribution < -0.4 is 16.0 Å². The molecule has 9 heteroatoms. The van der Waals surface area contributed by atoms with Crippen LogP contribution in [0.25, 0.3) is 10.9 Å². The second-order valence-corrected chi connectivity index (χ2v) is 9.16. The molecular weight excluding hydrogens is 486 g/mol. The van der Waals surface area contributed by atoms with E-state index in [9.17, 15) is 13.6 Å². The maximum absolute atomic E-state index is 13.0. The predicted molar refractivity (Wildman–Crippen MR) is 146 cm³/mol.